The number of hydrogen-bond acceptors (Lipinski definition) is 3. The SMILES string of the molecule is O=C(NCC(C(=O)O)c1ccccc1)c1cccc(Cl)n1. The standard InChI is InChI=1S/C15H13ClN2O3/c16-13-8-4-7-12(18-13)14(19)17-9-11(15(20)21)10-5-2-1-3-6-10/h1-8,11H,9H2,(H,17,19)(H,20,21). The van der Waals surface area contributed by atoms with Gasteiger partial charge in [0.1, 0.15) is 10.8 Å². The van der Waals surface area contributed by atoms with Crippen molar-refractivity contribution < 1.29 is 14.7 Å². The van der Waals surface area contributed by atoms with E-state index in [-0.39, 0.29) is 17.4 Å². The number of carbonyl (C=O) groups excluding carboxylic acids is 1. The number of halogens is 1. The number of aliphatic carboxylic acids is 1. The average Bonchev–Trinajstić information content (AvgIpc) is 2.48. The van der Waals surface area contributed by atoms with Crippen LogP contribution in [0.3, 0.4) is 0 Å². The summed E-state index contributed by atoms with van der Waals surface area (Å²) in [6, 6.07) is 13.4. The summed E-state index contributed by atoms with van der Waals surface area (Å²) in [5.41, 5.74) is 0.782. The van der Waals surface area contributed by atoms with Crippen molar-refractivity contribution in [3.8, 4) is 0 Å². The molecule has 1 heterocycles. The number of nitrogens with one attached hydrogen (secondary N) is 1. The second-order valence-electron chi connectivity index (χ2n) is 4.36. The Morgan fingerprint density at radius 3 is 2.48 bits per heavy atom. The van der Waals surface area contributed by atoms with Crippen LogP contribution in [0.4, 0.5) is 0 Å². The quantitative estimate of drug-likeness (QED) is 0.831. The lowest BCUT2D eigenvalue weighted by molar-refractivity contribution is -0.138. The van der Waals surface area contributed by atoms with Crippen molar-refractivity contribution in [1.29, 1.82) is 0 Å². The van der Waals surface area contributed by atoms with E-state index in [1.165, 1.54) is 6.07 Å². The second-order valence-corrected chi connectivity index (χ2v) is 4.74. The van der Waals surface area contributed by atoms with E-state index in [1.54, 1.807) is 42.5 Å². The van der Waals surface area contributed by atoms with Crippen LogP contribution in [0.2, 0.25) is 5.15 Å². The van der Waals surface area contributed by atoms with Crippen LogP contribution in [0.15, 0.2) is 48.5 Å². The second kappa shape index (κ2) is 6.85. The molecule has 2 N–H and O–H groups in total. The summed E-state index contributed by atoms with van der Waals surface area (Å²) in [6.45, 7) is -0.0215. The van der Waals surface area contributed by atoms with Gasteiger partial charge in [-0.1, -0.05) is 48.0 Å². The van der Waals surface area contributed by atoms with Gasteiger partial charge < -0.3 is 10.4 Å². The van der Waals surface area contributed by atoms with Gasteiger partial charge in [-0.3, -0.25) is 9.59 Å². The number of amides is 1. The fraction of sp³-hybridized carbons (Fsp3) is 0.133. The van der Waals surface area contributed by atoms with Gasteiger partial charge in [0.2, 0.25) is 0 Å². The van der Waals surface area contributed by atoms with Gasteiger partial charge in [0, 0.05) is 6.54 Å². The molecule has 1 unspecified atom stereocenters. The molecule has 0 saturated heterocycles. The number of pyridine rings is 1. The maximum atomic E-state index is 11.9. The molecule has 1 amide bonds. The van der Waals surface area contributed by atoms with Crippen LogP contribution in [0.5, 0.6) is 0 Å². The van der Waals surface area contributed by atoms with Crippen molar-refractivity contribution in [3.63, 3.8) is 0 Å². The Morgan fingerprint density at radius 1 is 1.14 bits per heavy atom. The molecule has 1 aromatic carbocycles. The summed E-state index contributed by atoms with van der Waals surface area (Å²) in [4.78, 5) is 27.1. The minimum atomic E-state index is -0.999. The van der Waals surface area contributed by atoms with E-state index in [2.05, 4.69) is 10.3 Å². The van der Waals surface area contributed by atoms with Crippen molar-refractivity contribution in [2.24, 2.45) is 0 Å². The minimum absolute atomic E-state index is 0.0215. The maximum absolute atomic E-state index is 11.9. The van der Waals surface area contributed by atoms with Crippen molar-refractivity contribution in [3.05, 3.63) is 64.9 Å². The summed E-state index contributed by atoms with van der Waals surface area (Å²) in [5.74, 6) is -2.27. The monoisotopic (exact) mass is 304 g/mol. The maximum Gasteiger partial charge on any atom is 0.312 e. The van der Waals surface area contributed by atoms with Gasteiger partial charge in [-0.05, 0) is 17.7 Å². The molecule has 0 bridgehead atoms. The van der Waals surface area contributed by atoms with E-state index in [9.17, 15) is 14.7 Å². The van der Waals surface area contributed by atoms with Gasteiger partial charge in [-0.2, -0.15) is 0 Å². The zero-order valence-electron chi connectivity index (χ0n) is 11.0. The molecule has 0 spiro atoms. The number of aromatic nitrogens is 1. The molecular weight excluding hydrogens is 292 g/mol. The summed E-state index contributed by atoms with van der Waals surface area (Å²) in [6.07, 6.45) is 0. The highest BCUT2D eigenvalue weighted by Gasteiger charge is 2.20. The van der Waals surface area contributed by atoms with Crippen LogP contribution in [0.1, 0.15) is 22.0 Å². The van der Waals surface area contributed by atoms with Gasteiger partial charge in [0.25, 0.3) is 5.91 Å². The summed E-state index contributed by atoms with van der Waals surface area (Å²) in [7, 11) is 0. The van der Waals surface area contributed by atoms with Crippen LogP contribution in [0.25, 0.3) is 0 Å². The largest absolute Gasteiger partial charge is 0.481 e. The minimum Gasteiger partial charge on any atom is -0.481 e. The Balaban J connectivity index is 2.06. The molecule has 108 valence electrons. The van der Waals surface area contributed by atoms with E-state index < -0.39 is 17.8 Å². The van der Waals surface area contributed by atoms with Gasteiger partial charge >= 0.3 is 5.97 Å². The molecule has 0 aliphatic carbocycles. The van der Waals surface area contributed by atoms with Crippen LogP contribution in [0, 0.1) is 0 Å². The van der Waals surface area contributed by atoms with Crippen molar-refractivity contribution in [2.45, 2.75) is 5.92 Å². The Labute approximate surface area is 126 Å². The number of carboxylic acid groups (broad SMARTS) is 1. The molecule has 6 heteroatoms. The Hall–Kier alpha value is -2.40. The van der Waals surface area contributed by atoms with E-state index in [4.69, 9.17) is 11.6 Å². The van der Waals surface area contributed by atoms with E-state index in [0.717, 1.165) is 0 Å². The molecule has 1 aromatic heterocycles. The van der Waals surface area contributed by atoms with E-state index in [0.29, 0.717) is 5.56 Å². The number of benzene rings is 1. The van der Waals surface area contributed by atoms with Gasteiger partial charge in [0.15, 0.2) is 0 Å². The number of carboxylic acids is 1. The molecule has 0 aliphatic heterocycles. The number of nitrogens with zero attached hydrogens (tertiary/aromatic N) is 1. The molecule has 0 saturated carbocycles. The average molecular weight is 305 g/mol. The highest BCUT2D eigenvalue weighted by atomic mass is 35.5. The van der Waals surface area contributed by atoms with Gasteiger partial charge in [-0.15, -0.1) is 0 Å². The predicted octanol–water partition coefficient (Wildman–Crippen LogP) is 2.33. The highest BCUT2D eigenvalue weighted by Crippen LogP contribution is 2.15. The molecule has 0 radical (unpaired) electrons. The molecule has 5 nitrogen and oxygen atoms in total. The molecule has 0 fully saturated rings. The first kappa shape index (κ1) is 15.0. The third-order valence-corrected chi connectivity index (χ3v) is 3.13. The molecular formula is C15H13ClN2O3. The summed E-state index contributed by atoms with van der Waals surface area (Å²) in [5, 5.41) is 12.0. The van der Waals surface area contributed by atoms with Crippen molar-refractivity contribution in [2.75, 3.05) is 6.54 Å². The Kier molecular flexibility index (Phi) is 4.90. The number of hydrogen-bond donors (Lipinski definition) is 2. The third-order valence-electron chi connectivity index (χ3n) is 2.91. The fourth-order valence-electron chi connectivity index (χ4n) is 1.85. The summed E-state index contributed by atoms with van der Waals surface area (Å²) >= 11 is 5.71. The molecule has 21 heavy (non-hydrogen) atoms. The third kappa shape index (κ3) is 4.03. The van der Waals surface area contributed by atoms with Gasteiger partial charge in [-0.25, -0.2) is 4.98 Å². The molecule has 2 rings (SSSR count). The van der Waals surface area contributed by atoms with E-state index >= 15 is 0 Å². The predicted molar refractivity (Wildman–Crippen MR) is 78.4 cm³/mol. The van der Waals surface area contributed by atoms with Crippen LogP contribution >= 0.6 is 11.6 Å². The zero-order valence-corrected chi connectivity index (χ0v) is 11.7. The molecule has 2 aromatic rings. The van der Waals surface area contributed by atoms with Crippen LogP contribution in [-0.4, -0.2) is 28.5 Å². The normalized spacial score (nSPS) is 11.7. The fourth-order valence-corrected chi connectivity index (χ4v) is 2.02. The topological polar surface area (TPSA) is 79.3 Å². The van der Waals surface area contributed by atoms with Crippen LogP contribution in [-0.2, 0) is 4.79 Å². The lowest BCUT2D eigenvalue weighted by Crippen LogP contribution is -2.32. The smallest absolute Gasteiger partial charge is 0.312 e. The van der Waals surface area contributed by atoms with Crippen molar-refractivity contribution in [1.82, 2.24) is 10.3 Å². The van der Waals surface area contributed by atoms with Gasteiger partial charge in [0.05, 0.1) is 5.92 Å². The highest BCUT2D eigenvalue weighted by molar-refractivity contribution is 6.29. The Bertz CT molecular complexity index is 646. The van der Waals surface area contributed by atoms with Crippen LogP contribution < -0.4 is 5.32 Å². The number of carbonyl (C=O) groups is 2. The zero-order chi connectivity index (χ0) is 15.2. The summed E-state index contributed by atoms with van der Waals surface area (Å²) < 4.78 is 0. The lowest BCUT2D eigenvalue weighted by Gasteiger charge is -2.13. The van der Waals surface area contributed by atoms with Crippen molar-refractivity contribution >= 4 is 23.5 Å². The first-order valence-electron chi connectivity index (χ1n) is 6.26. The number of rotatable bonds is 5. The first-order valence-corrected chi connectivity index (χ1v) is 6.64. The Morgan fingerprint density at radius 2 is 1.86 bits per heavy atom. The molecule has 1 atom stereocenters. The van der Waals surface area contributed by atoms with E-state index in [1.807, 2.05) is 0 Å². The first-order chi connectivity index (χ1) is 10.1. The molecule has 0 aliphatic rings. The lowest BCUT2D eigenvalue weighted by atomic mass is 9.99.